The van der Waals surface area contributed by atoms with Gasteiger partial charge in [-0.2, -0.15) is 14.0 Å². The molecule has 0 fully saturated rings. The number of esters is 1. The van der Waals surface area contributed by atoms with Gasteiger partial charge in [-0.1, -0.05) is 0 Å². The van der Waals surface area contributed by atoms with Gasteiger partial charge in [0.2, 0.25) is 0 Å². The number of nitrogens with zero attached hydrogens (tertiary/aromatic N) is 1. The highest BCUT2D eigenvalue weighted by molar-refractivity contribution is 14.1. The van der Waals surface area contributed by atoms with Gasteiger partial charge >= 0.3 is 12.6 Å². The van der Waals surface area contributed by atoms with Gasteiger partial charge in [0.15, 0.2) is 0 Å². The number of carbonyl (C=O) groups excluding carboxylic acids is 1. The van der Waals surface area contributed by atoms with E-state index in [-0.39, 0.29) is 16.9 Å². The molecule has 4 nitrogen and oxygen atoms in total. The fraction of sp³-hybridized carbons (Fsp3) is 0.200. The van der Waals surface area contributed by atoms with E-state index in [4.69, 9.17) is 5.26 Å². The molecule has 0 heterocycles. The number of benzene rings is 1. The Hall–Kier alpha value is -1.43. The third-order valence-corrected chi connectivity index (χ3v) is 2.66. The van der Waals surface area contributed by atoms with Crippen molar-refractivity contribution >= 4 is 28.6 Å². The van der Waals surface area contributed by atoms with Crippen LogP contribution < -0.4 is 4.74 Å². The predicted molar refractivity (Wildman–Crippen MR) is 61.8 cm³/mol. The van der Waals surface area contributed by atoms with Crippen molar-refractivity contribution in [3.63, 3.8) is 0 Å². The van der Waals surface area contributed by atoms with Gasteiger partial charge in [0.1, 0.15) is 11.8 Å². The molecule has 1 aromatic carbocycles. The second kappa shape index (κ2) is 5.77. The van der Waals surface area contributed by atoms with Crippen LogP contribution in [0.1, 0.15) is 15.9 Å². The van der Waals surface area contributed by atoms with Gasteiger partial charge in [-0.15, -0.1) is 0 Å². The van der Waals surface area contributed by atoms with E-state index in [0.717, 1.165) is 6.07 Å². The van der Waals surface area contributed by atoms with E-state index in [1.807, 2.05) is 0 Å². The van der Waals surface area contributed by atoms with Crippen molar-refractivity contribution in [1.82, 2.24) is 0 Å². The van der Waals surface area contributed by atoms with Gasteiger partial charge in [-0.25, -0.2) is 4.79 Å². The number of halogens is 3. The van der Waals surface area contributed by atoms with Gasteiger partial charge in [-0.3, -0.25) is 0 Å². The zero-order valence-electron chi connectivity index (χ0n) is 8.54. The van der Waals surface area contributed by atoms with Crippen LogP contribution >= 0.6 is 22.6 Å². The van der Waals surface area contributed by atoms with Crippen LogP contribution in [0.15, 0.2) is 12.1 Å². The van der Waals surface area contributed by atoms with Crippen LogP contribution in [-0.2, 0) is 4.74 Å². The molecule has 1 rings (SSSR count). The largest absolute Gasteiger partial charge is 0.465 e. The number of hydrogen-bond acceptors (Lipinski definition) is 4. The molecule has 0 radical (unpaired) electrons. The lowest BCUT2D eigenvalue weighted by Crippen LogP contribution is -2.08. The summed E-state index contributed by atoms with van der Waals surface area (Å²) in [6.07, 6.45) is 0. The molecule has 0 unspecified atom stereocenters. The van der Waals surface area contributed by atoms with E-state index in [9.17, 15) is 13.6 Å². The van der Waals surface area contributed by atoms with Gasteiger partial charge in [0.25, 0.3) is 0 Å². The van der Waals surface area contributed by atoms with E-state index in [1.165, 1.54) is 13.2 Å². The van der Waals surface area contributed by atoms with Gasteiger partial charge < -0.3 is 9.47 Å². The Kier molecular flexibility index (Phi) is 4.62. The van der Waals surface area contributed by atoms with Crippen molar-refractivity contribution in [2.75, 3.05) is 7.11 Å². The van der Waals surface area contributed by atoms with Crippen LogP contribution in [0.3, 0.4) is 0 Å². The van der Waals surface area contributed by atoms with Crippen molar-refractivity contribution in [2.45, 2.75) is 6.61 Å². The van der Waals surface area contributed by atoms with Crippen LogP contribution in [-0.4, -0.2) is 19.7 Å². The highest BCUT2D eigenvalue weighted by Gasteiger charge is 2.17. The summed E-state index contributed by atoms with van der Waals surface area (Å²) in [5.74, 6) is -0.854. The van der Waals surface area contributed by atoms with Crippen LogP contribution in [0.2, 0.25) is 0 Å². The van der Waals surface area contributed by atoms with Crippen LogP contribution in [0.5, 0.6) is 5.75 Å². The maximum absolute atomic E-state index is 12.1. The molecule has 17 heavy (non-hydrogen) atoms. The molecule has 0 atom stereocenters. The smallest absolute Gasteiger partial charge is 0.387 e. The lowest BCUT2D eigenvalue weighted by atomic mass is 10.1. The Bertz CT molecular complexity index is 485. The summed E-state index contributed by atoms with van der Waals surface area (Å²) in [5.41, 5.74) is -0.0612. The first kappa shape index (κ1) is 13.6. The number of nitriles is 1. The maximum Gasteiger partial charge on any atom is 0.387 e. The van der Waals surface area contributed by atoms with Crippen molar-refractivity contribution in [3.8, 4) is 11.8 Å². The molecule has 7 heteroatoms. The quantitative estimate of drug-likeness (QED) is 0.619. The summed E-state index contributed by atoms with van der Waals surface area (Å²) in [7, 11) is 1.17. The Labute approximate surface area is 109 Å². The minimum absolute atomic E-state index is 0.0148. The summed E-state index contributed by atoms with van der Waals surface area (Å²) in [6, 6.07) is 4.07. The lowest BCUT2D eigenvalue weighted by molar-refractivity contribution is -0.0504. The molecule has 0 aliphatic rings. The van der Waals surface area contributed by atoms with Gasteiger partial charge in [-0.05, 0) is 28.7 Å². The normalized spacial score (nSPS) is 9.88. The minimum atomic E-state index is -2.99. The molecule has 0 amide bonds. The summed E-state index contributed by atoms with van der Waals surface area (Å²) in [4.78, 5) is 11.3. The molecule has 0 saturated heterocycles. The standard InChI is InChI=1S/C10H6F2INO3/c1-16-9(15)6-3-7(13)8(17-10(11)12)2-5(6)4-14/h2-3,10H,1H3. The van der Waals surface area contributed by atoms with Gasteiger partial charge in [0.05, 0.1) is 21.8 Å². The van der Waals surface area contributed by atoms with Crippen LogP contribution in [0.25, 0.3) is 0 Å². The highest BCUT2D eigenvalue weighted by atomic mass is 127. The molecule has 0 saturated carbocycles. The van der Waals surface area contributed by atoms with Crippen LogP contribution in [0.4, 0.5) is 8.78 Å². The molecular weight excluding hydrogens is 347 g/mol. The lowest BCUT2D eigenvalue weighted by Gasteiger charge is -2.09. The second-order valence-electron chi connectivity index (χ2n) is 2.81. The monoisotopic (exact) mass is 353 g/mol. The highest BCUT2D eigenvalue weighted by Crippen LogP contribution is 2.27. The zero-order valence-corrected chi connectivity index (χ0v) is 10.7. The Morgan fingerprint density at radius 3 is 2.65 bits per heavy atom. The first-order chi connectivity index (χ1) is 7.99. The van der Waals surface area contributed by atoms with E-state index in [2.05, 4.69) is 9.47 Å². The third-order valence-electron chi connectivity index (χ3n) is 1.81. The number of hydrogen-bond donors (Lipinski definition) is 0. The van der Waals surface area contributed by atoms with Crippen molar-refractivity contribution in [3.05, 3.63) is 26.8 Å². The minimum Gasteiger partial charge on any atom is -0.465 e. The Morgan fingerprint density at radius 2 is 2.18 bits per heavy atom. The van der Waals surface area contributed by atoms with E-state index >= 15 is 0 Å². The summed E-state index contributed by atoms with van der Waals surface area (Å²) >= 11 is 1.73. The Morgan fingerprint density at radius 1 is 1.53 bits per heavy atom. The second-order valence-corrected chi connectivity index (χ2v) is 3.97. The van der Waals surface area contributed by atoms with Crippen LogP contribution in [0, 0.1) is 14.9 Å². The number of ether oxygens (including phenoxy) is 2. The first-order valence-corrected chi connectivity index (χ1v) is 5.34. The molecular formula is C10H6F2INO3. The predicted octanol–water partition coefficient (Wildman–Crippen LogP) is 2.55. The van der Waals surface area contributed by atoms with E-state index < -0.39 is 12.6 Å². The molecule has 0 aliphatic heterocycles. The Balaban J connectivity index is 3.26. The third kappa shape index (κ3) is 3.26. The van der Waals surface area contributed by atoms with Crippen molar-refractivity contribution in [1.29, 1.82) is 5.26 Å². The SMILES string of the molecule is COC(=O)c1cc(I)c(OC(F)F)cc1C#N. The fourth-order valence-electron chi connectivity index (χ4n) is 1.11. The molecule has 0 aliphatic carbocycles. The molecule has 0 aromatic heterocycles. The number of carbonyl (C=O) groups is 1. The van der Waals surface area contributed by atoms with Crippen molar-refractivity contribution in [2.24, 2.45) is 0 Å². The average Bonchev–Trinajstić information content (AvgIpc) is 2.29. The molecule has 1 aromatic rings. The number of methoxy groups -OCH3 is 1. The first-order valence-electron chi connectivity index (χ1n) is 4.26. The maximum atomic E-state index is 12.1. The average molecular weight is 353 g/mol. The number of rotatable bonds is 3. The topological polar surface area (TPSA) is 59.3 Å². The summed E-state index contributed by atoms with van der Waals surface area (Å²) < 4.78 is 33.1. The zero-order chi connectivity index (χ0) is 13.0. The molecule has 90 valence electrons. The fourth-order valence-corrected chi connectivity index (χ4v) is 1.71. The van der Waals surface area contributed by atoms with Gasteiger partial charge in [0, 0.05) is 6.07 Å². The van der Waals surface area contributed by atoms with Crippen molar-refractivity contribution < 1.29 is 23.0 Å². The van der Waals surface area contributed by atoms with E-state index in [0.29, 0.717) is 3.57 Å². The van der Waals surface area contributed by atoms with E-state index in [1.54, 1.807) is 28.7 Å². The molecule has 0 spiro atoms. The summed E-state index contributed by atoms with van der Waals surface area (Å²) in [6.45, 7) is -2.99. The number of alkyl halides is 2. The summed E-state index contributed by atoms with van der Waals surface area (Å²) in [5, 5.41) is 8.81. The molecule has 0 bridgehead atoms. The molecule has 0 N–H and O–H groups in total.